The van der Waals surface area contributed by atoms with E-state index in [1.807, 2.05) is 13.8 Å². The third-order valence-electron chi connectivity index (χ3n) is 10.9. The fourth-order valence-corrected chi connectivity index (χ4v) is 9.27. The topological polar surface area (TPSA) is 184 Å². The third kappa shape index (κ3) is 11.0. The van der Waals surface area contributed by atoms with Crippen molar-refractivity contribution in [2.45, 2.75) is 103 Å². The number of ether oxygens (including phenoxy) is 1. The summed E-state index contributed by atoms with van der Waals surface area (Å²) in [7, 11) is 1.69. The molecule has 2 aromatic rings. The molecule has 0 spiro atoms. The van der Waals surface area contributed by atoms with Gasteiger partial charge in [-0.3, -0.25) is 28.9 Å². The summed E-state index contributed by atoms with van der Waals surface area (Å²) >= 11 is 2.79. The number of hydrogen-bond donors (Lipinski definition) is 3. The summed E-state index contributed by atoms with van der Waals surface area (Å²) in [6, 6.07) is -2.28. The summed E-state index contributed by atoms with van der Waals surface area (Å²) in [5.74, 6) is -1.79. The first-order chi connectivity index (χ1) is 26.4. The zero-order valence-electron chi connectivity index (χ0n) is 32.1. The van der Waals surface area contributed by atoms with Crippen molar-refractivity contribution in [1.29, 1.82) is 0 Å². The summed E-state index contributed by atoms with van der Waals surface area (Å²) in [6.07, 6.45) is -1.43. The maximum absolute atomic E-state index is 14.3. The van der Waals surface area contributed by atoms with Crippen molar-refractivity contribution in [3.8, 4) is 0 Å². The number of amides is 3. The zero-order valence-corrected chi connectivity index (χ0v) is 33.7. The standard InChI is InChI=1S/C37H50F3N7O7S2/c1-19(2)27(46(5)35(51)31(23-16-55-17-23)45-33(50)28-11-22-6-8-47(28)9-7-22)13-29(54-21(4)48)34-44-26(18-56-34)32(49)43-25(10-20(3)36(52)53)12-30-41-14-24(15-42-30)37(38,39)40/h14-15,18-20,22-23,25,27-29,31H,6-13,16-17H2,1-5H3,(H,43,49)(H,45,50)(H,52,53)/t20-,25+,27+,28+,29+,31-/m0/s1. The van der Waals surface area contributed by atoms with Gasteiger partial charge in [-0.1, -0.05) is 20.8 Å². The number of alkyl halides is 3. The Bertz CT molecular complexity index is 1720. The Labute approximate surface area is 332 Å². The number of nitrogens with one attached hydrogen (secondary N) is 2. The second-order valence-electron chi connectivity index (χ2n) is 15.4. The predicted octanol–water partition coefficient (Wildman–Crippen LogP) is 4.21. The number of thiazole rings is 1. The first-order valence-corrected chi connectivity index (χ1v) is 20.9. The van der Waals surface area contributed by atoms with Crippen LogP contribution in [0.3, 0.4) is 0 Å². The van der Waals surface area contributed by atoms with E-state index in [-0.39, 0.29) is 60.5 Å². The second-order valence-corrected chi connectivity index (χ2v) is 17.4. The lowest BCUT2D eigenvalue weighted by Crippen LogP contribution is -2.62. The van der Waals surface area contributed by atoms with E-state index >= 15 is 0 Å². The molecule has 6 rings (SSSR count). The molecule has 0 unspecified atom stereocenters. The van der Waals surface area contributed by atoms with Gasteiger partial charge in [0.1, 0.15) is 22.6 Å². The molecule has 4 aliphatic rings. The maximum atomic E-state index is 14.3. The number of aromatic nitrogens is 3. The Morgan fingerprint density at radius 2 is 1.71 bits per heavy atom. The van der Waals surface area contributed by atoms with Gasteiger partial charge >= 0.3 is 18.1 Å². The van der Waals surface area contributed by atoms with Crippen LogP contribution in [0, 0.1) is 23.7 Å². The number of carbonyl (C=O) groups excluding carboxylic acids is 4. The molecule has 3 N–H and O–H groups in total. The largest absolute Gasteiger partial charge is 0.481 e. The van der Waals surface area contributed by atoms with Gasteiger partial charge in [0.2, 0.25) is 11.8 Å². The van der Waals surface area contributed by atoms with Gasteiger partial charge in [0.25, 0.3) is 5.91 Å². The highest BCUT2D eigenvalue weighted by Gasteiger charge is 2.43. The number of piperidine rings is 3. The summed E-state index contributed by atoms with van der Waals surface area (Å²) in [6.45, 7) is 8.34. The number of aliphatic carboxylic acids is 1. The molecule has 0 radical (unpaired) electrons. The molecule has 3 amide bonds. The van der Waals surface area contributed by atoms with Crippen LogP contribution in [-0.4, -0.2) is 115 Å². The van der Waals surface area contributed by atoms with Crippen molar-refractivity contribution in [1.82, 2.24) is 35.4 Å². The number of hydrogen-bond acceptors (Lipinski definition) is 12. The number of halogens is 3. The number of carboxylic acid groups (broad SMARTS) is 1. The smallest absolute Gasteiger partial charge is 0.419 e. The van der Waals surface area contributed by atoms with Gasteiger partial charge in [-0.05, 0) is 62.1 Å². The molecule has 308 valence electrons. The minimum absolute atomic E-state index is 0.0140. The van der Waals surface area contributed by atoms with Crippen LogP contribution in [0.4, 0.5) is 13.2 Å². The molecular weight excluding hydrogens is 776 g/mol. The highest BCUT2D eigenvalue weighted by atomic mass is 32.2. The number of nitrogens with zero attached hydrogens (tertiary/aromatic N) is 5. The number of rotatable bonds is 17. The van der Waals surface area contributed by atoms with Gasteiger partial charge in [0.05, 0.1) is 17.5 Å². The minimum atomic E-state index is -4.64. The van der Waals surface area contributed by atoms with Crippen molar-refractivity contribution in [3.63, 3.8) is 0 Å². The van der Waals surface area contributed by atoms with E-state index in [1.54, 1.807) is 23.7 Å². The lowest BCUT2D eigenvalue weighted by atomic mass is 9.83. The monoisotopic (exact) mass is 825 g/mol. The summed E-state index contributed by atoms with van der Waals surface area (Å²) in [5, 5.41) is 17.1. The van der Waals surface area contributed by atoms with E-state index in [0.717, 1.165) is 55.2 Å². The van der Waals surface area contributed by atoms with Crippen molar-refractivity contribution in [2.75, 3.05) is 31.6 Å². The molecule has 0 aromatic carbocycles. The Kier molecular flexibility index (Phi) is 14.4. The van der Waals surface area contributed by atoms with Crippen LogP contribution in [0.15, 0.2) is 17.8 Å². The average molecular weight is 826 g/mol. The number of esters is 1. The summed E-state index contributed by atoms with van der Waals surface area (Å²) in [4.78, 5) is 81.2. The Balaban J connectivity index is 1.29. The molecule has 56 heavy (non-hydrogen) atoms. The van der Waals surface area contributed by atoms with E-state index in [9.17, 15) is 42.3 Å². The quantitative estimate of drug-likeness (QED) is 0.194. The summed E-state index contributed by atoms with van der Waals surface area (Å²) < 4.78 is 44.9. The number of likely N-dealkylation sites (N-methyl/N-ethyl adjacent to an activating group) is 1. The Hall–Kier alpha value is -3.84. The first kappa shape index (κ1) is 43.3. The van der Waals surface area contributed by atoms with Crippen LogP contribution < -0.4 is 10.6 Å². The molecule has 6 atom stereocenters. The average Bonchev–Trinajstić information content (AvgIpc) is 3.62. The number of fused-ring (bicyclic) bond motifs is 3. The van der Waals surface area contributed by atoms with Crippen LogP contribution in [0.2, 0.25) is 0 Å². The highest BCUT2D eigenvalue weighted by Crippen LogP contribution is 2.35. The molecule has 19 heteroatoms. The van der Waals surface area contributed by atoms with E-state index in [1.165, 1.54) is 19.2 Å². The van der Waals surface area contributed by atoms with Gasteiger partial charge in [0, 0.05) is 62.6 Å². The second kappa shape index (κ2) is 18.6. The summed E-state index contributed by atoms with van der Waals surface area (Å²) in [5.41, 5.74) is -1.09. The van der Waals surface area contributed by atoms with Crippen LogP contribution in [0.5, 0.6) is 0 Å². The van der Waals surface area contributed by atoms with Crippen molar-refractivity contribution < 1.29 is 47.0 Å². The maximum Gasteiger partial charge on any atom is 0.419 e. The molecule has 4 aliphatic heterocycles. The fourth-order valence-electron chi connectivity index (χ4n) is 7.54. The van der Waals surface area contributed by atoms with Crippen LogP contribution >= 0.6 is 23.1 Å². The first-order valence-electron chi connectivity index (χ1n) is 18.8. The van der Waals surface area contributed by atoms with Crippen molar-refractivity contribution >= 4 is 52.8 Å². The number of carbonyl (C=O) groups is 5. The van der Waals surface area contributed by atoms with E-state index in [4.69, 9.17) is 4.74 Å². The zero-order chi connectivity index (χ0) is 40.9. The van der Waals surface area contributed by atoms with Gasteiger partial charge in [0.15, 0.2) is 6.10 Å². The SMILES string of the molecule is CC(=O)O[C@H](C[C@H](C(C)C)N(C)C(=O)[C@@H](NC(=O)[C@H]1CC2CCN1CC2)C1CSC1)c1nc(C(=O)N[C@@H](Cc2ncc(C(F)(F)F)cn2)C[C@H](C)C(=O)O)cs1. The fraction of sp³-hybridized carbons (Fsp3) is 0.676. The Morgan fingerprint density at radius 3 is 2.23 bits per heavy atom. The van der Waals surface area contributed by atoms with Gasteiger partial charge < -0.3 is 25.4 Å². The van der Waals surface area contributed by atoms with Crippen molar-refractivity contribution in [3.05, 3.63) is 39.9 Å². The van der Waals surface area contributed by atoms with Crippen LogP contribution in [0.25, 0.3) is 0 Å². The van der Waals surface area contributed by atoms with Gasteiger partial charge in [-0.2, -0.15) is 24.9 Å². The third-order valence-corrected chi connectivity index (χ3v) is 13.2. The molecular formula is C37H50F3N7O7S2. The van der Waals surface area contributed by atoms with Gasteiger partial charge in [-0.25, -0.2) is 15.0 Å². The molecule has 4 fully saturated rings. The molecule has 0 saturated carbocycles. The molecule has 2 aromatic heterocycles. The molecule has 4 saturated heterocycles. The van der Waals surface area contributed by atoms with E-state index in [0.29, 0.717) is 23.3 Å². The lowest BCUT2D eigenvalue weighted by Gasteiger charge is -2.45. The highest BCUT2D eigenvalue weighted by molar-refractivity contribution is 8.00. The number of carboxylic acids is 1. The van der Waals surface area contributed by atoms with Crippen molar-refractivity contribution in [2.24, 2.45) is 23.7 Å². The van der Waals surface area contributed by atoms with Gasteiger partial charge in [-0.15, -0.1) is 11.3 Å². The molecule has 0 aliphatic carbocycles. The molecule has 14 nitrogen and oxygen atoms in total. The van der Waals surface area contributed by atoms with Crippen LogP contribution in [0.1, 0.15) is 92.8 Å². The minimum Gasteiger partial charge on any atom is -0.481 e. The van der Waals surface area contributed by atoms with E-state index in [2.05, 4.69) is 30.5 Å². The molecule has 2 bridgehead atoms. The normalized spacial score (nSPS) is 22.3. The lowest BCUT2D eigenvalue weighted by molar-refractivity contribution is -0.149. The number of thioether (sulfide) groups is 1. The van der Waals surface area contributed by atoms with E-state index < -0.39 is 59.7 Å². The predicted molar refractivity (Wildman–Crippen MR) is 201 cm³/mol. The van der Waals surface area contributed by atoms with Crippen LogP contribution in [-0.2, 0) is 36.5 Å². The molecule has 6 heterocycles. The Morgan fingerprint density at radius 1 is 1.05 bits per heavy atom.